The first-order valence-electron chi connectivity index (χ1n) is 8.59. The van der Waals surface area contributed by atoms with Crippen LogP contribution in [-0.2, 0) is 4.79 Å². The number of carbonyl (C=O) groups is 2. The molecular weight excluding hydrogens is 326 g/mol. The van der Waals surface area contributed by atoms with E-state index in [1.54, 1.807) is 0 Å². The Morgan fingerprint density at radius 2 is 1.79 bits per heavy atom. The van der Waals surface area contributed by atoms with E-state index in [4.69, 9.17) is 0 Å². The summed E-state index contributed by atoms with van der Waals surface area (Å²) >= 11 is 0. The molecular formula is C18H26ClN3O2. The lowest BCUT2D eigenvalue weighted by Crippen LogP contribution is -2.50. The fraction of sp³-hybridized carbons (Fsp3) is 0.556. The highest BCUT2D eigenvalue weighted by atomic mass is 35.5. The summed E-state index contributed by atoms with van der Waals surface area (Å²) in [6.07, 6.45) is 3.76. The van der Waals surface area contributed by atoms with Gasteiger partial charge < -0.3 is 15.5 Å². The van der Waals surface area contributed by atoms with Gasteiger partial charge in [-0.15, -0.1) is 12.4 Å². The Bertz CT molecular complexity index is 538. The van der Waals surface area contributed by atoms with E-state index in [0.717, 1.165) is 51.9 Å². The van der Waals surface area contributed by atoms with Crippen LogP contribution in [0.1, 0.15) is 36.0 Å². The van der Waals surface area contributed by atoms with Crippen LogP contribution in [0, 0.1) is 5.92 Å². The summed E-state index contributed by atoms with van der Waals surface area (Å²) < 4.78 is 0. The molecule has 2 N–H and O–H groups in total. The predicted molar refractivity (Wildman–Crippen MR) is 96.4 cm³/mol. The average Bonchev–Trinajstić information content (AvgIpc) is 2.63. The highest BCUT2D eigenvalue weighted by Crippen LogP contribution is 2.18. The van der Waals surface area contributed by atoms with Crippen molar-refractivity contribution in [2.45, 2.75) is 31.7 Å². The van der Waals surface area contributed by atoms with Crippen LogP contribution in [0.15, 0.2) is 30.3 Å². The zero-order valence-electron chi connectivity index (χ0n) is 13.9. The van der Waals surface area contributed by atoms with Crippen LogP contribution in [0.3, 0.4) is 0 Å². The number of hydrogen-bond donors (Lipinski definition) is 2. The van der Waals surface area contributed by atoms with Crippen molar-refractivity contribution in [3.8, 4) is 0 Å². The van der Waals surface area contributed by atoms with Gasteiger partial charge in [0.15, 0.2) is 0 Å². The number of carbonyl (C=O) groups excluding carboxylic acids is 2. The first kappa shape index (κ1) is 18.7. The number of hydrogen-bond acceptors (Lipinski definition) is 3. The van der Waals surface area contributed by atoms with Crippen molar-refractivity contribution in [3.05, 3.63) is 35.9 Å². The normalized spacial score (nSPS) is 21.7. The molecule has 1 atom stereocenters. The number of piperidine rings is 2. The Morgan fingerprint density at radius 1 is 1.08 bits per heavy atom. The first-order chi connectivity index (χ1) is 11.2. The first-order valence-corrected chi connectivity index (χ1v) is 8.59. The van der Waals surface area contributed by atoms with Crippen LogP contribution < -0.4 is 10.6 Å². The summed E-state index contributed by atoms with van der Waals surface area (Å²) in [5, 5.41) is 6.39. The van der Waals surface area contributed by atoms with Gasteiger partial charge in [0.1, 0.15) is 0 Å². The van der Waals surface area contributed by atoms with Gasteiger partial charge in [0.05, 0.1) is 5.92 Å². The molecule has 2 aliphatic heterocycles. The number of halogens is 1. The van der Waals surface area contributed by atoms with Crippen molar-refractivity contribution in [1.82, 2.24) is 15.5 Å². The number of amides is 2. The molecule has 0 spiro atoms. The Kier molecular flexibility index (Phi) is 7.06. The van der Waals surface area contributed by atoms with Crippen molar-refractivity contribution in [2.24, 2.45) is 5.92 Å². The van der Waals surface area contributed by atoms with E-state index in [9.17, 15) is 9.59 Å². The minimum Gasteiger partial charge on any atom is -0.349 e. The summed E-state index contributed by atoms with van der Waals surface area (Å²) in [6, 6.07) is 9.45. The summed E-state index contributed by atoms with van der Waals surface area (Å²) in [5.41, 5.74) is 0.694. The number of nitrogens with one attached hydrogen (secondary N) is 2. The maximum absolute atomic E-state index is 12.5. The van der Waals surface area contributed by atoms with E-state index in [1.807, 2.05) is 35.2 Å². The zero-order valence-corrected chi connectivity index (χ0v) is 14.7. The van der Waals surface area contributed by atoms with Gasteiger partial charge in [-0.3, -0.25) is 9.59 Å². The molecule has 24 heavy (non-hydrogen) atoms. The lowest BCUT2D eigenvalue weighted by molar-refractivity contribution is -0.137. The standard InChI is InChI=1S/C18H25N3O2.ClH/c22-17(14-5-2-1-3-6-14)20-16-8-11-21(12-9-16)18(23)15-7-4-10-19-13-15;/h1-3,5-6,15-16,19H,4,7-13H2,(H,20,22);1H. The molecule has 0 saturated carbocycles. The Labute approximate surface area is 149 Å². The number of benzene rings is 1. The lowest BCUT2D eigenvalue weighted by atomic mass is 9.96. The maximum Gasteiger partial charge on any atom is 0.251 e. The summed E-state index contributed by atoms with van der Waals surface area (Å²) in [5.74, 6) is 0.399. The zero-order chi connectivity index (χ0) is 16.1. The number of likely N-dealkylation sites (tertiary alicyclic amines) is 1. The molecule has 2 fully saturated rings. The molecule has 2 amide bonds. The molecule has 1 aromatic rings. The van der Waals surface area contributed by atoms with Crippen LogP contribution in [0.5, 0.6) is 0 Å². The van der Waals surface area contributed by atoms with Gasteiger partial charge >= 0.3 is 0 Å². The Balaban J connectivity index is 0.00000208. The van der Waals surface area contributed by atoms with E-state index < -0.39 is 0 Å². The molecule has 0 aromatic heterocycles. The molecule has 0 radical (unpaired) electrons. The van der Waals surface area contributed by atoms with Gasteiger partial charge in [-0.1, -0.05) is 18.2 Å². The second-order valence-corrected chi connectivity index (χ2v) is 6.48. The minimum absolute atomic E-state index is 0. The molecule has 1 aromatic carbocycles. The van der Waals surface area contributed by atoms with Gasteiger partial charge in [0.2, 0.25) is 5.91 Å². The van der Waals surface area contributed by atoms with Crippen molar-refractivity contribution < 1.29 is 9.59 Å². The van der Waals surface area contributed by atoms with Crippen LogP contribution in [0.4, 0.5) is 0 Å². The van der Waals surface area contributed by atoms with Crippen molar-refractivity contribution in [1.29, 1.82) is 0 Å². The molecule has 3 rings (SSSR count). The molecule has 0 bridgehead atoms. The highest BCUT2D eigenvalue weighted by Gasteiger charge is 2.29. The van der Waals surface area contributed by atoms with Crippen molar-refractivity contribution in [3.63, 3.8) is 0 Å². The molecule has 2 heterocycles. The van der Waals surface area contributed by atoms with E-state index in [1.165, 1.54) is 0 Å². The molecule has 2 aliphatic rings. The number of rotatable bonds is 3. The topological polar surface area (TPSA) is 61.4 Å². The summed E-state index contributed by atoms with van der Waals surface area (Å²) in [6.45, 7) is 3.32. The van der Waals surface area contributed by atoms with E-state index in [0.29, 0.717) is 5.56 Å². The summed E-state index contributed by atoms with van der Waals surface area (Å²) in [4.78, 5) is 26.7. The Morgan fingerprint density at radius 3 is 2.42 bits per heavy atom. The van der Waals surface area contributed by atoms with Crippen LogP contribution in [0.2, 0.25) is 0 Å². The smallest absolute Gasteiger partial charge is 0.251 e. The second-order valence-electron chi connectivity index (χ2n) is 6.48. The second kappa shape index (κ2) is 9.04. The minimum atomic E-state index is -0.0214. The van der Waals surface area contributed by atoms with Gasteiger partial charge in [-0.2, -0.15) is 0 Å². The quantitative estimate of drug-likeness (QED) is 0.873. The van der Waals surface area contributed by atoms with Gasteiger partial charge in [-0.05, 0) is 44.4 Å². The maximum atomic E-state index is 12.5. The van der Waals surface area contributed by atoms with E-state index in [2.05, 4.69) is 10.6 Å². The largest absolute Gasteiger partial charge is 0.349 e. The van der Waals surface area contributed by atoms with Gasteiger partial charge in [0, 0.05) is 31.2 Å². The molecule has 132 valence electrons. The molecule has 5 nitrogen and oxygen atoms in total. The average molecular weight is 352 g/mol. The molecule has 2 saturated heterocycles. The fourth-order valence-corrected chi connectivity index (χ4v) is 3.42. The van der Waals surface area contributed by atoms with Crippen LogP contribution >= 0.6 is 12.4 Å². The van der Waals surface area contributed by atoms with E-state index in [-0.39, 0.29) is 36.2 Å². The SMILES string of the molecule is Cl.O=C(NC1CCN(C(=O)C2CCCNC2)CC1)c1ccccc1. The third kappa shape index (κ3) is 4.71. The lowest BCUT2D eigenvalue weighted by Gasteiger charge is -2.35. The number of nitrogens with zero attached hydrogens (tertiary/aromatic N) is 1. The van der Waals surface area contributed by atoms with Crippen LogP contribution in [0.25, 0.3) is 0 Å². The Hall–Kier alpha value is -1.59. The monoisotopic (exact) mass is 351 g/mol. The fourth-order valence-electron chi connectivity index (χ4n) is 3.42. The van der Waals surface area contributed by atoms with Crippen LogP contribution in [-0.4, -0.2) is 48.9 Å². The van der Waals surface area contributed by atoms with Crippen molar-refractivity contribution in [2.75, 3.05) is 26.2 Å². The van der Waals surface area contributed by atoms with Crippen molar-refractivity contribution >= 4 is 24.2 Å². The third-order valence-electron chi connectivity index (χ3n) is 4.82. The third-order valence-corrected chi connectivity index (χ3v) is 4.82. The predicted octanol–water partition coefficient (Wildman–Crippen LogP) is 1.83. The highest BCUT2D eigenvalue weighted by molar-refractivity contribution is 5.94. The molecule has 0 aliphatic carbocycles. The molecule has 1 unspecified atom stereocenters. The van der Waals surface area contributed by atoms with E-state index >= 15 is 0 Å². The molecule has 6 heteroatoms. The summed E-state index contributed by atoms with van der Waals surface area (Å²) in [7, 11) is 0. The van der Waals surface area contributed by atoms with Gasteiger partial charge in [0.25, 0.3) is 5.91 Å². The van der Waals surface area contributed by atoms with Gasteiger partial charge in [-0.25, -0.2) is 0 Å².